The van der Waals surface area contributed by atoms with Gasteiger partial charge in [0.15, 0.2) is 0 Å². The average Bonchev–Trinajstić information content (AvgIpc) is 2.34. The van der Waals surface area contributed by atoms with E-state index >= 15 is 0 Å². The van der Waals surface area contributed by atoms with Crippen LogP contribution in [0, 0.1) is 12.7 Å². The van der Waals surface area contributed by atoms with Crippen molar-refractivity contribution >= 4 is 27.5 Å². The molecule has 0 bridgehead atoms. The first-order chi connectivity index (χ1) is 8.99. The Bertz CT molecular complexity index is 601. The summed E-state index contributed by atoms with van der Waals surface area (Å²) in [5.41, 5.74) is 8.82. The molecule has 0 heterocycles. The Morgan fingerprint density at radius 3 is 2.74 bits per heavy atom. The van der Waals surface area contributed by atoms with Crippen LogP contribution in [0.1, 0.15) is 22.7 Å². The highest BCUT2D eigenvalue weighted by molar-refractivity contribution is 9.10. The van der Waals surface area contributed by atoms with Gasteiger partial charge >= 0.3 is 0 Å². The second kappa shape index (κ2) is 6.04. The minimum Gasteiger partial charge on any atom is -0.324 e. The molecule has 0 aliphatic heterocycles. The number of halogens is 3. The quantitative estimate of drug-likeness (QED) is 0.852. The molecule has 1 nitrogen and oxygen atoms in total. The van der Waals surface area contributed by atoms with E-state index in [2.05, 4.69) is 15.9 Å². The fourth-order valence-corrected chi connectivity index (χ4v) is 2.78. The lowest BCUT2D eigenvalue weighted by Crippen LogP contribution is -2.15. The maximum atomic E-state index is 13.8. The van der Waals surface area contributed by atoms with E-state index in [-0.39, 0.29) is 16.9 Å². The van der Waals surface area contributed by atoms with Crippen molar-refractivity contribution in [3.05, 3.63) is 68.4 Å². The first-order valence-electron chi connectivity index (χ1n) is 5.93. The van der Waals surface area contributed by atoms with Gasteiger partial charge in [-0.05, 0) is 48.2 Å². The molecular weight excluding hydrogens is 329 g/mol. The van der Waals surface area contributed by atoms with Crippen molar-refractivity contribution in [3.63, 3.8) is 0 Å². The summed E-state index contributed by atoms with van der Waals surface area (Å²) in [5.74, 6) is -0.380. The number of hydrogen-bond donors (Lipinski definition) is 1. The van der Waals surface area contributed by atoms with Crippen molar-refractivity contribution in [3.8, 4) is 0 Å². The summed E-state index contributed by atoms with van der Waals surface area (Å²) in [5, 5.41) is 0.136. The molecule has 2 rings (SSSR count). The molecule has 0 saturated carbocycles. The third-order valence-corrected chi connectivity index (χ3v) is 3.89. The highest BCUT2D eigenvalue weighted by Crippen LogP contribution is 2.25. The SMILES string of the molecule is Cc1cc(Br)ccc1C(N)Cc1cccc(Cl)c1F. The van der Waals surface area contributed by atoms with Gasteiger partial charge in [-0.3, -0.25) is 0 Å². The van der Waals surface area contributed by atoms with Crippen LogP contribution in [-0.2, 0) is 6.42 Å². The van der Waals surface area contributed by atoms with Gasteiger partial charge in [0.2, 0.25) is 0 Å². The standard InChI is InChI=1S/C15H14BrClFN/c1-9-7-11(16)5-6-12(9)14(19)8-10-3-2-4-13(17)15(10)18/h2-7,14H,8,19H2,1H3. The molecule has 0 amide bonds. The summed E-state index contributed by atoms with van der Waals surface area (Å²) in [7, 11) is 0. The predicted octanol–water partition coefficient (Wildman–Crippen LogP) is 4.79. The van der Waals surface area contributed by atoms with Crippen LogP contribution in [0.25, 0.3) is 0 Å². The number of nitrogens with two attached hydrogens (primary N) is 1. The van der Waals surface area contributed by atoms with Gasteiger partial charge in [-0.15, -0.1) is 0 Å². The summed E-state index contributed by atoms with van der Waals surface area (Å²) in [6, 6.07) is 10.7. The van der Waals surface area contributed by atoms with E-state index in [4.69, 9.17) is 17.3 Å². The smallest absolute Gasteiger partial charge is 0.145 e. The highest BCUT2D eigenvalue weighted by atomic mass is 79.9. The lowest BCUT2D eigenvalue weighted by Gasteiger charge is -2.16. The van der Waals surface area contributed by atoms with Gasteiger partial charge in [0.1, 0.15) is 5.82 Å². The van der Waals surface area contributed by atoms with Gasteiger partial charge < -0.3 is 5.73 Å². The van der Waals surface area contributed by atoms with Crippen molar-refractivity contribution in [1.29, 1.82) is 0 Å². The van der Waals surface area contributed by atoms with Crippen LogP contribution >= 0.6 is 27.5 Å². The molecule has 100 valence electrons. The monoisotopic (exact) mass is 341 g/mol. The Labute approximate surface area is 125 Å². The van der Waals surface area contributed by atoms with Crippen molar-refractivity contribution in [1.82, 2.24) is 0 Å². The Balaban J connectivity index is 2.25. The second-order valence-corrected chi connectivity index (χ2v) is 5.85. The van der Waals surface area contributed by atoms with E-state index in [0.717, 1.165) is 15.6 Å². The second-order valence-electron chi connectivity index (χ2n) is 4.52. The summed E-state index contributed by atoms with van der Waals surface area (Å²) < 4.78 is 14.9. The highest BCUT2D eigenvalue weighted by Gasteiger charge is 2.14. The topological polar surface area (TPSA) is 26.0 Å². The molecule has 0 fully saturated rings. The van der Waals surface area contributed by atoms with Crippen LogP contribution < -0.4 is 5.73 Å². The molecule has 0 spiro atoms. The van der Waals surface area contributed by atoms with Gasteiger partial charge in [-0.25, -0.2) is 4.39 Å². The van der Waals surface area contributed by atoms with Gasteiger partial charge in [-0.1, -0.05) is 45.7 Å². The molecular formula is C15H14BrClFN. The van der Waals surface area contributed by atoms with Crippen molar-refractivity contribution in [2.45, 2.75) is 19.4 Å². The Morgan fingerprint density at radius 1 is 1.32 bits per heavy atom. The van der Waals surface area contributed by atoms with Crippen LogP contribution in [0.4, 0.5) is 4.39 Å². The van der Waals surface area contributed by atoms with E-state index in [1.165, 1.54) is 6.07 Å². The minimum absolute atomic E-state index is 0.136. The zero-order valence-corrected chi connectivity index (χ0v) is 12.8. The van der Waals surface area contributed by atoms with Gasteiger partial charge in [0, 0.05) is 10.5 Å². The molecule has 0 radical (unpaired) electrons. The van der Waals surface area contributed by atoms with Crippen LogP contribution in [0.2, 0.25) is 5.02 Å². The molecule has 0 saturated heterocycles. The lowest BCUT2D eigenvalue weighted by atomic mass is 9.96. The van der Waals surface area contributed by atoms with E-state index in [9.17, 15) is 4.39 Å². The van der Waals surface area contributed by atoms with Crippen molar-refractivity contribution < 1.29 is 4.39 Å². The molecule has 19 heavy (non-hydrogen) atoms. The van der Waals surface area contributed by atoms with Gasteiger partial charge in [-0.2, -0.15) is 0 Å². The summed E-state index contributed by atoms with van der Waals surface area (Å²) in [4.78, 5) is 0. The summed E-state index contributed by atoms with van der Waals surface area (Å²) in [6.07, 6.45) is 0.425. The molecule has 1 atom stereocenters. The Hall–Kier alpha value is -0.900. The van der Waals surface area contributed by atoms with Crippen molar-refractivity contribution in [2.24, 2.45) is 5.73 Å². The largest absolute Gasteiger partial charge is 0.324 e. The third-order valence-electron chi connectivity index (χ3n) is 3.10. The number of hydrogen-bond acceptors (Lipinski definition) is 1. The summed E-state index contributed by atoms with van der Waals surface area (Å²) in [6.45, 7) is 1.99. The molecule has 0 aliphatic rings. The normalized spacial score (nSPS) is 12.5. The first-order valence-corrected chi connectivity index (χ1v) is 7.10. The molecule has 2 aromatic rings. The molecule has 0 aliphatic carbocycles. The zero-order valence-electron chi connectivity index (χ0n) is 10.5. The van der Waals surface area contributed by atoms with Gasteiger partial charge in [0.05, 0.1) is 5.02 Å². The van der Waals surface area contributed by atoms with E-state index < -0.39 is 0 Å². The zero-order chi connectivity index (χ0) is 14.0. The molecule has 2 aromatic carbocycles. The van der Waals surface area contributed by atoms with E-state index in [1.54, 1.807) is 12.1 Å². The average molecular weight is 343 g/mol. The van der Waals surface area contributed by atoms with Crippen LogP contribution in [-0.4, -0.2) is 0 Å². The maximum Gasteiger partial charge on any atom is 0.145 e. The molecule has 2 N–H and O–H groups in total. The maximum absolute atomic E-state index is 13.8. The van der Waals surface area contributed by atoms with Crippen LogP contribution in [0.3, 0.4) is 0 Å². The fourth-order valence-electron chi connectivity index (χ4n) is 2.11. The Morgan fingerprint density at radius 2 is 2.05 bits per heavy atom. The van der Waals surface area contributed by atoms with Crippen LogP contribution in [0.15, 0.2) is 40.9 Å². The van der Waals surface area contributed by atoms with Crippen molar-refractivity contribution in [2.75, 3.05) is 0 Å². The van der Waals surface area contributed by atoms with E-state index in [1.807, 2.05) is 25.1 Å². The third kappa shape index (κ3) is 3.35. The first kappa shape index (κ1) is 14.5. The fraction of sp³-hybridized carbons (Fsp3) is 0.200. The van der Waals surface area contributed by atoms with E-state index in [0.29, 0.717) is 12.0 Å². The molecule has 4 heteroatoms. The van der Waals surface area contributed by atoms with Gasteiger partial charge in [0.25, 0.3) is 0 Å². The summed E-state index contributed by atoms with van der Waals surface area (Å²) >= 11 is 9.19. The number of aryl methyl sites for hydroxylation is 1. The lowest BCUT2D eigenvalue weighted by molar-refractivity contribution is 0.593. The number of rotatable bonds is 3. The van der Waals surface area contributed by atoms with Crippen LogP contribution in [0.5, 0.6) is 0 Å². The number of benzene rings is 2. The minimum atomic E-state index is -0.380. The predicted molar refractivity (Wildman–Crippen MR) is 80.9 cm³/mol. The molecule has 0 aromatic heterocycles. The molecule has 1 unspecified atom stereocenters. The Kier molecular flexibility index (Phi) is 4.61.